The van der Waals surface area contributed by atoms with E-state index in [0.29, 0.717) is 23.1 Å². The monoisotopic (exact) mass is 269 g/mol. The molecule has 98 valence electrons. The number of thiazole rings is 1. The summed E-state index contributed by atoms with van der Waals surface area (Å²) in [6.07, 6.45) is 2.40. The van der Waals surface area contributed by atoms with Crippen molar-refractivity contribution >= 4 is 28.1 Å². The molecule has 1 aromatic heterocycles. The molecule has 2 heterocycles. The van der Waals surface area contributed by atoms with E-state index in [9.17, 15) is 4.79 Å². The number of nitrogens with zero attached hydrogens (tertiary/aromatic N) is 2. The second-order valence-electron chi connectivity index (χ2n) is 4.07. The molecule has 1 atom stereocenters. The van der Waals surface area contributed by atoms with Crippen molar-refractivity contribution < 1.29 is 14.7 Å². The molecule has 7 heteroatoms. The summed E-state index contributed by atoms with van der Waals surface area (Å²) in [6.45, 7) is 2.28. The van der Waals surface area contributed by atoms with E-state index in [4.69, 9.17) is 9.94 Å². The molecule has 2 rings (SSSR count). The second kappa shape index (κ2) is 5.92. The average molecular weight is 269 g/mol. The molecule has 1 fully saturated rings. The molecule has 0 bridgehead atoms. The number of anilines is 1. The van der Waals surface area contributed by atoms with Crippen molar-refractivity contribution in [3.05, 3.63) is 11.1 Å². The summed E-state index contributed by atoms with van der Waals surface area (Å²) >= 11 is 1.30. The minimum absolute atomic E-state index is 0.158. The zero-order valence-corrected chi connectivity index (χ0v) is 10.9. The number of hydrogen-bond donors (Lipinski definition) is 2. The van der Waals surface area contributed by atoms with Crippen LogP contribution in [0.1, 0.15) is 31.9 Å². The van der Waals surface area contributed by atoms with Gasteiger partial charge in [-0.25, -0.2) is 4.98 Å². The van der Waals surface area contributed by atoms with Crippen molar-refractivity contribution in [2.24, 2.45) is 5.16 Å². The minimum atomic E-state index is -0.376. The SMILES string of the molecule is CC(=NO)c1csc(NC(=O)C2CCCCO2)n1. The molecule has 18 heavy (non-hydrogen) atoms. The largest absolute Gasteiger partial charge is 0.411 e. The third kappa shape index (κ3) is 3.05. The lowest BCUT2D eigenvalue weighted by molar-refractivity contribution is -0.129. The molecule has 1 unspecified atom stereocenters. The van der Waals surface area contributed by atoms with Crippen LogP contribution in [-0.2, 0) is 9.53 Å². The van der Waals surface area contributed by atoms with E-state index in [-0.39, 0.29) is 12.0 Å². The standard InChI is InChI=1S/C11H15N3O3S/c1-7(14-16)8-6-18-11(12-8)13-10(15)9-4-2-3-5-17-9/h6,9,16H,2-5H2,1H3,(H,12,13,15). The van der Waals surface area contributed by atoms with E-state index in [2.05, 4.69) is 15.5 Å². The molecular formula is C11H15N3O3S. The van der Waals surface area contributed by atoms with E-state index in [1.54, 1.807) is 12.3 Å². The van der Waals surface area contributed by atoms with E-state index in [0.717, 1.165) is 19.3 Å². The van der Waals surface area contributed by atoms with Crippen molar-refractivity contribution in [3.63, 3.8) is 0 Å². The van der Waals surface area contributed by atoms with Crippen LogP contribution in [0.3, 0.4) is 0 Å². The van der Waals surface area contributed by atoms with Crippen molar-refractivity contribution in [1.29, 1.82) is 0 Å². The quantitative estimate of drug-likeness (QED) is 0.498. The fourth-order valence-corrected chi connectivity index (χ4v) is 2.44. The van der Waals surface area contributed by atoms with Gasteiger partial charge in [-0.2, -0.15) is 0 Å². The second-order valence-corrected chi connectivity index (χ2v) is 4.93. The lowest BCUT2D eigenvalue weighted by atomic mass is 10.1. The Hall–Kier alpha value is -1.47. The number of carbonyl (C=O) groups excluding carboxylic acids is 1. The number of amides is 1. The maximum atomic E-state index is 11.9. The lowest BCUT2D eigenvalue weighted by Gasteiger charge is -2.20. The fraction of sp³-hybridized carbons (Fsp3) is 0.545. The molecule has 6 nitrogen and oxygen atoms in total. The van der Waals surface area contributed by atoms with Crippen LogP contribution < -0.4 is 5.32 Å². The molecule has 1 aliphatic heterocycles. The van der Waals surface area contributed by atoms with Crippen LogP contribution in [0.5, 0.6) is 0 Å². The first-order valence-electron chi connectivity index (χ1n) is 5.77. The van der Waals surface area contributed by atoms with Gasteiger partial charge in [0, 0.05) is 12.0 Å². The third-order valence-electron chi connectivity index (χ3n) is 2.73. The highest BCUT2D eigenvalue weighted by molar-refractivity contribution is 7.14. The molecule has 0 aliphatic carbocycles. The highest BCUT2D eigenvalue weighted by Gasteiger charge is 2.22. The smallest absolute Gasteiger partial charge is 0.255 e. The van der Waals surface area contributed by atoms with Crippen molar-refractivity contribution in [2.75, 3.05) is 11.9 Å². The van der Waals surface area contributed by atoms with E-state index >= 15 is 0 Å². The molecule has 1 aromatic rings. The van der Waals surface area contributed by atoms with Crippen LogP contribution in [0, 0.1) is 0 Å². The highest BCUT2D eigenvalue weighted by Crippen LogP contribution is 2.19. The summed E-state index contributed by atoms with van der Waals surface area (Å²) in [4.78, 5) is 16.0. The predicted molar refractivity (Wildman–Crippen MR) is 68.3 cm³/mol. The summed E-state index contributed by atoms with van der Waals surface area (Å²) < 4.78 is 5.39. The van der Waals surface area contributed by atoms with E-state index in [1.165, 1.54) is 11.3 Å². The summed E-state index contributed by atoms with van der Waals surface area (Å²) in [5.41, 5.74) is 0.975. The summed E-state index contributed by atoms with van der Waals surface area (Å²) in [5, 5.41) is 16.6. The van der Waals surface area contributed by atoms with Gasteiger partial charge in [-0.05, 0) is 26.2 Å². The molecule has 0 aromatic carbocycles. The number of rotatable bonds is 3. The van der Waals surface area contributed by atoms with Crippen LogP contribution in [0.4, 0.5) is 5.13 Å². The van der Waals surface area contributed by atoms with Gasteiger partial charge < -0.3 is 9.94 Å². The molecule has 0 spiro atoms. The fourth-order valence-electron chi connectivity index (χ4n) is 1.68. The Morgan fingerprint density at radius 1 is 1.67 bits per heavy atom. The Morgan fingerprint density at radius 3 is 3.17 bits per heavy atom. The van der Waals surface area contributed by atoms with Crippen molar-refractivity contribution in [2.45, 2.75) is 32.3 Å². The maximum absolute atomic E-state index is 11.9. The summed E-state index contributed by atoms with van der Waals surface area (Å²) in [7, 11) is 0. The van der Waals surface area contributed by atoms with Crippen LogP contribution in [0.25, 0.3) is 0 Å². The molecule has 1 aliphatic rings. The normalized spacial score (nSPS) is 20.7. The zero-order valence-electron chi connectivity index (χ0n) is 10.0. The zero-order chi connectivity index (χ0) is 13.0. The topological polar surface area (TPSA) is 83.8 Å². The Bertz CT molecular complexity index is 452. The Kier molecular flexibility index (Phi) is 4.27. The van der Waals surface area contributed by atoms with Gasteiger partial charge in [-0.15, -0.1) is 11.3 Å². The van der Waals surface area contributed by atoms with Crippen LogP contribution in [0.2, 0.25) is 0 Å². The van der Waals surface area contributed by atoms with Gasteiger partial charge in [0.25, 0.3) is 5.91 Å². The van der Waals surface area contributed by atoms with Gasteiger partial charge in [0.1, 0.15) is 17.5 Å². The Labute approximate surface area is 109 Å². The molecule has 1 saturated heterocycles. The molecule has 0 saturated carbocycles. The van der Waals surface area contributed by atoms with Gasteiger partial charge in [0.15, 0.2) is 5.13 Å². The van der Waals surface area contributed by atoms with Crippen LogP contribution in [0.15, 0.2) is 10.5 Å². The van der Waals surface area contributed by atoms with E-state index < -0.39 is 0 Å². The first-order chi connectivity index (χ1) is 8.70. The van der Waals surface area contributed by atoms with Gasteiger partial charge >= 0.3 is 0 Å². The number of aromatic nitrogens is 1. The summed E-state index contributed by atoms with van der Waals surface area (Å²) in [5.74, 6) is -0.158. The average Bonchev–Trinajstić information content (AvgIpc) is 2.87. The number of hydrogen-bond acceptors (Lipinski definition) is 6. The minimum Gasteiger partial charge on any atom is -0.411 e. The first-order valence-corrected chi connectivity index (χ1v) is 6.65. The maximum Gasteiger partial charge on any atom is 0.255 e. The Balaban J connectivity index is 1.96. The van der Waals surface area contributed by atoms with Crippen LogP contribution in [-0.4, -0.2) is 34.5 Å². The Morgan fingerprint density at radius 2 is 2.50 bits per heavy atom. The third-order valence-corrected chi connectivity index (χ3v) is 3.48. The number of oxime groups is 1. The van der Waals surface area contributed by atoms with E-state index in [1.807, 2.05) is 0 Å². The first kappa shape index (κ1) is 13.0. The van der Waals surface area contributed by atoms with Gasteiger partial charge in [-0.3, -0.25) is 10.1 Å². The summed E-state index contributed by atoms with van der Waals surface area (Å²) in [6, 6.07) is 0. The molecular weight excluding hydrogens is 254 g/mol. The van der Waals surface area contributed by atoms with Crippen molar-refractivity contribution in [3.8, 4) is 0 Å². The lowest BCUT2D eigenvalue weighted by Crippen LogP contribution is -2.33. The van der Waals surface area contributed by atoms with Crippen molar-refractivity contribution in [1.82, 2.24) is 4.98 Å². The molecule has 2 N–H and O–H groups in total. The highest BCUT2D eigenvalue weighted by atomic mass is 32.1. The van der Waals surface area contributed by atoms with Gasteiger partial charge in [0.2, 0.25) is 0 Å². The number of ether oxygens (including phenoxy) is 1. The number of carbonyl (C=O) groups is 1. The predicted octanol–water partition coefficient (Wildman–Crippen LogP) is 1.85. The van der Waals surface area contributed by atoms with Gasteiger partial charge in [-0.1, -0.05) is 5.16 Å². The molecule has 1 amide bonds. The van der Waals surface area contributed by atoms with Gasteiger partial charge in [0.05, 0.1) is 0 Å². The number of nitrogens with one attached hydrogen (secondary N) is 1. The van der Waals surface area contributed by atoms with Crippen LogP contribution >= 0.6 is 11.3 Å². The molecule has 0 radical (unpaired) electrons.